The highest BCUT2D eigenvalue weighted by molar-refractivity contribution is 14.0. The zero-order chi connectivity index (χ0) is 17.2. The van der Waals surface area contributed by atoms with Gasteiger partial charge in [-0.05, 0) is 44.4 Å². The minimum Gasteiger partial charge on any atom is -0.493 e. The number of hydrogen-bond acceptors (Lipinski definition) is 4. The SMILES string of the molecule is CCNC(=NCc1ccc(OC)c(OCC)c1)NCC1CCCO1.I. The highest BCUT2D eigenvalue weighted by Gasteiger charge is 2.15. The fourth-order valence-electron chi connectivity index (χ4n) is 2.62. The quantitative estimate of drug-likeness (QED) is 0.353. The maximum atomic E-state index is 5.64. The summed E-state index contributed by atoms with van der Waals surface area (Å²) in [5.74, 6) is 2.31. The predicted octanol–water partition coefficient (Wildman–Crippen LogP) is 2.95. The molecule has 1 atom stereocenters. The van der Waals surface area contributed by atoms with E-state index in [1.807, 2.05) is 25.1 Å². The molecule has 1 aromatic carbocycles. The van der Waals surface area contributed by atoms with Gasteiger partial charge in [0, 0.05) is 19.7 Å². The maximum Gasteiger partial charge on any atom is 0.191 e. The second-order valence-electron chi connectivity index (χ2n) is 5.63. The van der Waals surface area contributed by atoms with Crippen LogP contribution in [0.1, 0.15) is 32.3 Å². The van der Waals surface area contributed by atoms with E-state index in [1.165, 1.54) is 0 Å². The third-order valence-corrected chi connectivity index (χ3v) is 3.81. The topological polar surface area (TPSA) is 64.1 Å². The van der Waals surface area contributed by atoms with Gasteiger partial charge in [-0.2, -0.15) is 0 Å². The minimum absolute atomic E-state index is 0. The Morgan fingerprint density at radius 3 is 2.76 bits per heavy atom. The maximum absolute atomic E-state index is 5.64. The average Bonchev–Trinajstić information content (AvgIpc) is 3.11. The molecule has 2 rings (SSSR count). The van der Waals surface area contributed by atoms with Crippen LogP contribution in [0.3, 0.4) is 0 Å². The molecule has 25 heavy (non-hydrogen) atoms. The minimum atomic E-state index is 0. The summed E-state index contributed by atoms with van der Waals surface area (Å²) in [6.45, 7) is 7.68. The number of guanidine groups is 1. The lowest BCUT2D eigenvalue weighted by atomic mass is 10.2. The first-order valence-electron chi connectivity index (χ1n) is 8.70. The number of nitrogens with zero attached hydrogens (tertiary/aromatic N) is 1. The molecule has 142 valence electrons. The summed E-state index contributed by atoms with van der Waals surface area (Å²) in [5.41, 5.74) is 1.08. The zero-order valence-corrected chi connectivity index (χ0v) is 17.7. The van der Waals surface area contributed by atoms with E-state index in [-0.39, 0.29) is 24.0 Å². The molecule has 1 unspecified atom stereocenters. The van der Waals surface area contributed by atoms with Crippen LogP contribution in [-0.2, 0) is 11.3 Å². The first-order chi connectivity index (χ1) is 11.8. The van der Waals surface area contributed by atoms with Crippen LogP contribution in [0.5, 0.6) is 11.5 Å². The number of ether oxygens (including phenoxy) is 3. The van der Waals surface area contributed by atoms with Crippen molar-refractivity contribution in [3.63, 3.8) is 0 Å². The van der Waals surface area contributed by atoms with Crippen LogP contribution >= 0.6 is 24.0 Å². The Hall–Kier alpha value is -1.22. The fraction of sp³-hybridized carbons (Fsp3) is 0.611. The van der Waals surface area contributed by atoms with Gasteiger partial charge in [0.15, 0.2) is 17.5 Å². The zero-order valence-electron chi connectivity index (χ0n) is 15.3. The molecule has 1 saturated heterocycles. The standard InChI is InChI=1S/C18H29N3O3.HI/c1-4-19-18(21-13-15-7-6-10-24-15)20-12-14-8-9-16(22-3)17(11-14)23-5-2;/h8-9,11,15H,4-7,10,12-13H2,1-3H3,(H2,19,20,21);1H. The van der Waals surface area contributed by atoms with Crippen LogP contribution in [0, 0.1) is 0 Å². The van der Waals surface area contributed by atoms with Crippen molar-refractivity contribution in [1.82, 2.24) is 10.6 Å². The molecule has 1 heterocycles. The Morgan fingerprint density at radius 2 is 2.12 bits per heavy atom. The molecular weight excluding hydrogens is 433 g/mol. The van der Waals surface area contributed by atoms with Crippen LogP contribution in [0.25, 0.3) is 0 Å². The van der Waals surface area contributed by atoms with E-state index in [9.17, 15) is 0 Å². The summed E-state index contributed by atoms with van der Waals surface area (Å²) < 4.78 is 16.6. The van der Waals surface area contributed by atoms with Crippen molar-refractivity contribution < 1.29 is 14.2 Å². The molecule has 1 aromatic rings. The van der Waals surface area contributed by atoms with Crippen LogP contribution in [0.15, 0.2) is 23.2 Å². The predicted molar refractivity (Wildman–Crippen MR) is 111 cm³/mol. The van der Waals surface area contributed by atoms with Crippen LogP contribution in [0.4, 0.5) is 0 Å². The fourth-order valence-corrected chi connectivity index (χ4v) is 2.62. The van der Waals surface area contributed by atoms with Gasteiger partial charge in [-0.3, -0.25) is 0 Å². The molecule has 0 spiro atoms. The van der Waals surface area contributed by atoms with Gasteiger partial charge in [-0.1, -0.05) is 6.07 Å². The molecule has 0 bridgehead atoms. The van der Waals surface area contributed by atoms with Gasteiger partial charge in [0.05, 0.1) is 26.4 Å². The van der Waals surface area contributed by atoms with Crippen molar-refractivity contribution in [3.05, 3.63) is 23.8 Å². The Labute approximate surface area is 167 Å². The Kier molecular flexibility index (Phi) is 10.6. The van der Waals surface area contributed by atoms with E-state index in [0.29, 0.717) is 19.3 Å². The molecule has 0 aromatic heterocycles. The monoisotopic (exact) mass is 463 g/mol. The summed E-state index contributed by atoms with van der Waals surface area (Å²) in [7, 11) is 1.65. The van der Waals surface area contributed by atoms with Gasteiger partial charge < -0.3 is 24.8 Å². The molecule has 1 aliphatic heterocycles. The van der Waals surface area contributed by atoms with Crippen molar-refractivity contribution in [2.24, 2.45) is 4.99 Å². The molecule has 6 nitrogen and oxygen atoms in total. The van der Waals surface area contributed by atoms with E-state index >= 15 is 0 Å². The second kappa shape index (κ2) is 12.2. The molecule has 2 N–H and O–H groups in total. The molecule has 0 saturated carbocycles. The lowest BCUT2D eigenvalue weighted by Gasteiger charge is -2.15. The van der Waals surface area contributed by atoms with Crippen molar-refractivity contribution >= 4 is 29.9 Å². The molecule has 0 radical (unpaired) electrons. The lowest BCUT2D eigenvalue weighted by Crippen LogP contribution is -2.41. The number of nitrogens with one attached hydrogen (secondary N) is 2. The Morgan fingerprint density at radius 1 is 1.28 bits per heavy atom. The Balaban J connectivity index is 0.00000312. The summed E-state index contributed by atoms with van der Waals surface area (Å²) in [5, 5.41) is 6.62. The molecule has 7 heteroatoms. The number of rotatable bonds is 8. The first-order valence-corrected chi connectivity index (χ1v) is 8.70. The highest BCUT2D eigenvalue weighted by atomic mass is 127. The first kappa shape index (κ1) is 21.8. The van der Waals surface area contributed by atoms with Crippen LogP contribution < -0.4 is 20.1 Å². The summed E-state index contributed by atoms with van der Waals surface area (Å²) in [6.07, 6.45) is 2.55. The summed E-state index contributed by atoms with van der Waals surface area (Å²) in [6, 6.07) is 5.91. The largest absolute Gasteiger partial charge is 0.493 e. The number of halogens is 1. The molecular formula is C18H30IN3O3. The van der Waals surface area contributed by atoms with Gasteiger partial charge in [0.2, 0.25) is 0 Å². The van der Waals surface area contributed by atoms with Gasteiger partial charge in [-0.25, -0.2) is 4.99 Å². The van der Waals surface area contributed by atoms with Crippen molar-refractivity contribution in [1.29, 1.82) is 0 Å². The van der Waals surface area contributed by atoms with Gasteiger partial charge in [0.25, 0.3) is 0 Å². The number of methoxy groups -OCH3 is 1. The smallest absolute Gasteiger partial charge is 0.191 e. The number of aliphatic imine (C=N–C) groups is 1. The van der Waals surface area contributed by atoms with E-state index in [1.54, 1.807) is 7.11 Å². The van der Waals surface area contributed by atoms with Crippen LogP contribution in [0.2, 0.25) is 0 Å². The third-order valence-electron chi connectivity index (χ3n) is 3.81. The average molecular weight is 463 g/mol. The number of hydrogen-bond donors (Lipinski definition) is 2. The van der Waals surface area contributed by atoms with Crippen molar-refractivity contribution in [2.75, 3.05) is 33.4 Å². The van der Waals surface area contributed by atoms with Crippen molar-refractivity contribution in [2.45, 2.75) is 39.3 Å². The Bertz CT molecular complexity index is 534. The highest BCUT2D eigenvalue weighted by Crippen LogP contribution is 2.28. The molecule has 0 aliphatic carbocycles. The summed E-state index contributed by atoms with van der Waals surface area (Å²) in [4.78, 5) is 4.64. The molecule has 1 fully saturated rings. The summed E-state index contributed by atoms with van der Waals surface area (Å²) >= 11 is 0. The van der Waals surface area contributed by atoms with Crippen molar-refractivity contribution in [3.8, 4) is 11.5 Å². The van der Waals surface area contributed by atoms with E-state index in [2.05, 4.69) is 22.5 Å². The van der Waals surface area contributed by atoms with Gasteiger partial charge in [-0.15, -0.1) is 24.0 Å². The van der Waals surface area contributed by atoms with E-state index in [0.717, 1.165) is 55.6 Å². The lowest BCUT2D eigenvalue weighted by molar-refractivity contribution is 0.114. The van der Waals surface area contributed by atoms with E-state index in [4.69, 9.17) is 14.2 Å². The van der Waals surface area contributed by atoms with E-state index < -0.39 is 0 Å². The van der Waals surface area contributed by atoms with Gasteiger partial charge >= 0.3 is 0 Å². The normalized spacial score (nSPS) is 16.9. The third kappa shape index (κ3) is 7.27. The molecule has 1 aliphatic rings. The van der Waals surface area contributed by atoms with Crippen LogP contribution in [-0.4, -0.2) is 45.5 Å². The number of benzene rings is 1. The second-order valence-corrected chi connectivity index (χ2v) is 5.63. The van der Waals surface area contributed by atoms with Gasteiger partial charge in [0.1, 0.15) is 0 Å². The molecule has 0 amide bonds.